The zero-order valence-corrected chi connectivity index (χ0v) is 10.1. The van der Waals surface area contributed by atoms with Crippen LogP contribution in [0.25, 0.3) is 0 Å². The number of methoxy groups -OCH3 is 1. The number of aromatic nitrogens is 1. The van der Waals surface area contributed by atoms with Crippen LogP contribution in [-0.2, 0) is 9.47 Å². The molecule has 7 heteroatoms. The molecule has 18 heavy (non-hydrogen) atoms. The quantitative estimate of drug-likeness (QED) is 0.627. The Morgan fingerprint density at radius 2 is 2.50 bits per heavy atom. The molecule has 0 aliphatic carbocycles. The Kier molecular flexibility index (Phi) is 3.73. The lowest BCUT2D eigenvalue weighted by molar-refractivity contribution is -0.389. The lowest BCUT2D eigenvalue weighted by Crippen LogP contribution is -2.39. The van der Waals surface area contributed by atoms with E-state index >= 15 is 0 Å². The van der Waals surface area contributed by atoms with Gasteiger partial charge in [0.1, 0.15) is 5.60 Å². The van der Waals surface area contributed by atoms with Crippen molar-refractivity contribution in [3.63, 3.8) is 0 Å². The summed E-state index contributed by atoms with van der Waals surface area (Å²) in [5.41, 5.74) is 0.408. The van der Waals surface area contributed by atoms with Crippen molar-refractivity contribution in [3.8, 4) is 0 Å². The van der Waals surface area contributed by atoms with Crippen LogP contribution in [0.2, 0.25) is 0 Å². The zero-order valence-electron chi connectivity index (χ0n) is 10.1. The van der Waals surface area contributed by atoms with Gasteiger partial charge in [-0.05, 0) is 16.0 Å². The molecule has 1 fully saturated rings. The molecule has 1 unspecified atom stereocenters. The molecular formula is C11H15N3O4. The van der Waals surface area contributed by atoms with Crippen molar-refractivity contribution >= 4 is 11.5 Å². The Bertz CT molecular complexity index is 415. The number of ether oxygens (including phenoxy) is 2. The third kappa shape index (κ3) is 2.74. The van der Waals surface area contributed by atoms with Crippen LogP contribution in [-0.4, -0.2) is 42.4 Å². The van der Waals surface area contributed by atoms with Crippen molar-refractivity contribution in [2.24, 2.45) is 0 Å². The maximum Gasteiger partial charge on any atom is 0.363 e. The Hall–Kier alpha value is -1.73. The van der Waals surface area contributed by atoms with E-state index in [2.05, 4.69) is 10.3 Å². The molecule has 0 radical (unpaired) electrons. The van der Waals surface area contributed by atoms with E-state index < -0.39 is 4.92 Å². The molecule has 0 amide bonds. The summed E-state index contributed by atoms with van der Waals surface area (Å²) in [4.78, 5) is 13.7. The maximum atomic E-state index is 10.5. The molecule has 1 aliphatic heterocycles. The second-order valence-corrected chi connectivity index (χ2v) is 4.21. The van der Waals surface area contributed by atoms with Crippen LogP contribution >= 0.6 is 0 Å². The number of hydrogen-bond acceptors (Lipinski definition) is 6. The monoisotopic (exact) mass is 253 g/mol. The molecule has 1 N–H and O–H groups in total. The molecule has 1 aliphatic rings. The summed E-state index contributed by atoms with van der Waals surface area (Å²) >= 11 is 0. The lowest BCUT2D eigenvalue weighted by atomic mass is 10.0. The van der Waals surface area contributed by atoms with Gasteiger partial charge in [0.15, 0.2) is 6.20 Å². The van der Waals surface area contributed by atoms with Gasteiger partial charge in [0.2, 0.25) is 0 Å². The predicted octanol–water partition coefficient (Wildman–Crippen LogP) is 1.21. The van der Waals surface area contributed by atoms with Crippen LogP contribution in [0.3, 0.4) is 0 Å². The van der Waals surface area contributed by atoms with Crippen LogP contribution in [0, 0.1) is 10.1 Å². The molecule has 1 atom stereocenters. The van der Waals surface area contributed by atoms with Crippen LogP contribution in [0.4, 0.5) is 11.5 Å². The molecule has 0 bridgehead atoms. The molecular weight excluding hydrogens is 238 g/mol. The van der Waals surface area contributed by atoms with E-state index in [0.29, 0.717) is 19.8 Å². The third-order valence-corrected chi connectivity index (χ3v) is 3.05. The normalized spacial score (nSPS) is 22.9. The lowest BCUT2D eigenvalue weighted by Gasteiger charge is -2.26. The fraction of sp³-hybridized carbons (Fsp3) is 0.545. The minimum Gasteiger partial charge on any atom is -0.379 e. The van der Waals surface area contributed by atoms with Crippen molar-refractivity contribution in [3.05, 3.63) is 28.4 Å². The highest BCUT2D eigenvalue weighted by Gasteiger charge is 2.34. The van der Waals surface area contributed by atoms with Gasteiger partial charge in [-0.3, -0.25) is 0 Å². The number of hydrogen-bond donors (Lipinski definition) is 1. The first-order valence-corrected chi connectivity index (χ1v) is 5.62. The summed E-state index contributed by atoms with van der Waals surface area (Å²) in [5.74, 6) is -0.161. The smallest absolute Gasteiger partial charge is 0.363 e. The van der Waals surface area contributed by atoms with E-state index in [4.69, 9.17) is 9.47 Å². The molecule has 0 aromatic carbocycles. The first-order chi connectivity index (χ1) is 8.65. The van der Waals surface area contributed by atoms with Crippen LogP contribution in [0.1, 0.15) is 6.42 Å². The molecule has 1 aromatic heterocycles. The summed E-state index contributed by atoms with van der Waals surface area (Å²) in [6.45, 7) is 1.83. The SMILES string of the molecule is COC1(CNc2ccc([N+](=O)[O-])nc2)CCOC1. The van der Waals surface area contributed by atoms with Gasteiger partial charge in [0.05, 0.1) is 12.3 Å². The number of pyridine rings is 1. The number of anilines is 1. The van der Waals surface area contributed by atoms with E-state index in [1.807, 2.05) is 0 Å². The molecule has 98 valence electrons. The number of nitro groups is 1. The van der Waals surface area contributed by atoms with E-state index in [-0.39, 0.29) is 11.4 Å². The molecule has 1 saturated heterocycles. The van der Waals surface area contributed by atoms with Crippen LogP contribution in [0.15, 0.2) is 18.3 Å². The Morgan fingerprint density at radius 3 is 3.00 bits per heavy atom. The average molecular weight is 253 g/mol. The number of rotatable bonds is 5. The third-order valence-electron chi connectivity index (χ3n) is 3.05. The van der Waals surface area contributed by atoms with Crippen molar-refractivity contribution in [1.29, 1.82) is 0 Å². The molecule has 1 aromatic rings. The van der Waals surface area contributed by atoms with Gasteiger partial charge in [-0.15, -0.1) is 0 Å². The van der Waals surface area contributed by atoms with Gasteiger partial charge in [0, 0.05) is 32.7 Å². The maximum absolute atomic E-state index is 10.5. The van der Waals surface area contributed by atoms with Crippen molar-refractivity contribution < 1.29 is 14.4 Å². The highest BCUT2D eigenvalue weighted by molar-refractivity contribution is 5.43. The fourth-order valence-electron chi connectivity index (χ4n) is 1.82. The zero-order chi connectivity index (χ0) is 13.0. The van der Waals surface area contributed by atoms with Gasteiger partial charge in [0.25, 0.3) is 0 Å². The standard InChI is InChI=1S/C11H15N3O4/c1-17-11(4-5-18-8-11)7-13-9-2-3-10(12-6-9)14(15)16/h2-3,6,13H,4-5,7-8H2,1H3. The minimum atomic E-state index is -0.523. The Balaban J connectivity index is 1.95. The molecule has 2 rings (SSSR count). The van der Waals surface area contributed by atoms with Crippen LogP contribution in [0.5, 0.6) is 0 Å². The molecule has 0 saturated carbocycles. The second kappa shape index (κ2) is 5.28. The minimum absolute atomic E-state index is 0.161. The van der Waals surface area contributed by atoms with Crippen LogP contribution < -0.4 is 5.32 Å². The Labute approximate surface area is 104 Å². The summed E-state index contributed by atoms with van der Waals surface area (Å²) in [6.07, 6.45) is 2.27. The summed E-state index contributed by atoms with van der Waals surface area (Å²) < 4.78 is 10.8. The van der Waals surface area contributed by atoms with Crippen molar-refractivity contribution in [1.82, 2.24) is 4.98 Å². The molecule has 7 nitrogen and oxygen atoms in total. The van der Waals surface area contributed by atoms with Crippen molar-refractivity contribution in [2.75, 3.05) is 32.2 Å². The van der Waals surface area contributed by atoms with Gasteiger partial charge in [-0.1, -0.05) is 0 Å². The Morgan fingerprint density at radius 1 is 1.67 bits per heavy atom. The van der Waals surface area contributed by atoms with E-state index in [0.717, 1.165) is 12.1 Å². The highest BCUT2D eigenvalue weighted by Crippen LogP contribution is 2.23. The summed E-state index contributed by atoms with van der Waals surface area (Å²) in [6, 6.07) is 3.00. The fourth-order valence-corrected chi connectivity index (χ4v) is 1.82. The average Bonchev–Trinajstić information content (AvgIpc) is 2.86. The summed E-state index contributed by atoms with van der Waals surface area (Å²) in [5, 5.41) is 13.6. The number of nitrogens with zero attached hydrogens (tertiary/aromatic N) is 2. The van der Waals surface area contributed by atoms with Crippen molar-refractivity contribution in [2.45, 2.75) is 12.0 Å². The topological polar surface area (TPSA) is 86.5 Å². The largest absolute Gasteiger partial charge is 0.379 e. The first kappa shape index (κ1) is 12.7. The van der Waals surface area contributed by atoms with E-state index in [9.17, 15) is 10.1 Å². The number of nitrogens with one attached hydrogen (secondary N) is 1. The van der Waals surface area contributed by atoms with Gasteiger partial charge in [-0.2, -0.15) is 0 Å². The molecule has 0 spiro atoms. The van der Waals surface area contributed by atoms with E-state index in [1.54, 1.807) is 13.2 Å². The predicted molar refractivity (Wildman–Crippen MR) is 64.6 cm³/mol. The highest BCUT2D eigenvalue weighted by atomic mass is 16.6. The summed E-state index contributed by atoms with van der Waals surface area (Å²) in [7, 11) is 1.66. The van der Waals surface area contributed by atoms with Gasteiger partial charge < -0.3 is 24.9 Å². The molecule has 2 heterocycles. The van der Waals surface area contributed by atoms with Gasteiger partial charge in [-0.25, -0.2) is 0 Å². The second-order valence-electron chi connectivity index (χ2n) is 4.21. The van der Waals surface area contributed by atoms with E-state index in [1.165, 1.54) is 12.3 Å². The first-order valence-electron chi connectivity index (χ1n) is 5.62. The van der Waals surface area contributed by atoms with Gasteiger partial charge >= 0.3 is 5.82 Å².